The standard InChI is InChI=1S/C16H28N2OS/c1-12(2)9-17-10-14-11-18-15(20-14)16(19-4)7-5-13(3)6-8-16/h11-13,17H,5-10H2,1-4H3. The Balaban J connectivity index is 1.99. The van der Waals surface area contributed by atoms with Gasteiger partial charge in [0.25, 0.3) is 0 Å². The molecule has 20 heavy (non-hydrogen) atoms. The van der Waals surface area contributed by atoms with Gasteiger partial charge in [0.2, 0.25) is 0 Å². The highest BCUT2D eigenvalue weighted by Crippen LogP contribution is 2.43. The van der Waals surface area contributed by atoms with Gasteiger partial charge in [-0.2, -0.15) is 0 Å². The molecular formula is C16H28N2OS. The maximum absolute atomic E-state index is 5.90. The highest BCUT2D eigenvalue weighted by molar-refractivity contribution is 7.11. The monoisotopic (exact) mass is 296 g/mol. The minimum absolute atomic E-state index is 0.118. The van der Waals surface area contributed by atoms with Gasteiger partial charge >= 0.3 is 0 Å². The van der Waals surface area contributed by atoms with Crippen molar-refractivity contribution < 1.29 is 4.74 Å². The second-order valence-corrected chi connectivity index (χ2v) is 7.65. The summed E-state index contributed by atoms with van der Waals surface area (Å²) in [6.07, 6.45) is 6.73. The molecule has 0 bridgehead atoms. The molecule has 0 atom stereocenters. The van der Waals surface area contributed by atoms with Gasteiger partial charge in [0.1, 0.15) is 10.6 Å². The molecule has 1 heterocycles. The summed E-state index contributed by atoms with van der Waals surface area (Å²) in [5.74, 6) is 1.51. The summed E-state index contributed by atoms with van der Waals surface area (Å²) in [5.41, 5.74) is -0.118. The predicted octanol–water partition coefficient (Wildman–Crippen LogP) is 3.94. The number of nitrogens with zero attached hydrogens (tertiary/aromatic N) is 1. The molecule has 1 N–H and O–H groups in total. The van der Waals surface area contributed by atoms with Crippen molar-refractivity contribution in [1.29, 1.82) is 0 Å². The molecule has 0 aliphatic heterocycles. The van der Waals surface area contributed by atoms with E-state index in [4.69, 9.17) is 4.74 Å². The Morgan fingerprint density at radius 1 is 1.45 bits per heavy atom. The van der Waals surface area contributed by atoms with Crippen molar-refractivity contribution in [2.75, 3.05) is 13.7 Å². The Hall–Kier alpha value is -0.450. The fourth-order valence-corrected chi connectivity index (χ4v) is 3.92. The summed E-state index contributed by atoms with van der Waals surface area (Å²) in [5, 5.41) is 4.66. The molecule has 0 radical (unpaired) electrons. The minimum Gasteiger partial charge on any atom is -0.371 e. The van der Waals surface area contributed by atoms with Crippen molar-refractivity contribution >= 4 is 11.3 Å². The van der Waals surface area contributed by atoms with Gasteiger partial charge in [0, 0.05) is 24.7 Å². The third-order valence-electron chi connectivity index (χ3n) is 4.27. The fourth-order valence-electron chi connectivity index (χ4n) is 2.82. The number of nitrogens with one attached hydrogen (secondary N) is 1. The van der Waals surface area contributed by atoms with Crippen LogP contribution in [0.4, 0.5) is 0 Å². The highest BCUT2D eigenvalue weighted by atomic mass is 32.1. The Kier molecular flexibility index (Phi) is 5.58. The second kappa shape index (κ2) is 7.01. The summed E-state index contributed by atoms with van der Waals surface area (Å²) in [7, 11) is 1.84. The van der Waals surface area contributed by atoms with Crippen LogP contribution in [-0.4, -0.2) is 18.6 Å². The SMILES string of the molecule is COC1(c2ncc(CNCC(C)C)s2)CCC(C)CC1. The average Bonchev–Trinajstić information content (AvgIpc) is 2.89. The number of hydrogen-bond donors (Lipinski definition) is 1. The summed E-state index contributed by atoms with van der Waals surface area (Å²) >= 11 is 1.82. The van der Waals surface area contributed by atoms with Gasteiger partial charge in [-0.05, 0) is 44.1 Å². The molecule has 1 aliphatic carbocycles. The van der Waals surface area contributed by atoms with Crippen molar-refractivity contribution in [2.24, 2.45) is 11.8 Å². The van der Waals surface area contributed by atoms with Crippen molar-refractivity contribution in [3.05, 3.63) is 16.1 Å². The van der Waals surface area contributed by atoms with Crippen LogP contribution >= 0.6 is 11.3 Å². The number of methoxy groups -OCH3 is 1. The predicted molar refractivity (Wildman–Crippen MR) is 85.0 cm³/mol. The summed E-state index contributed by atoms with van der Waals surface area (Å²) in [6, 6.07) is 0. The molecule has 114 valence electrons. The lowest BCUT2D eigenvalue weighted by atomic mass is 9.80. The van der Waals surface area contributed by atoms with E-state index < -0.39 is 0 Å². The van der Waals surface area contributed by atoms with Crippen LogP contribution in [0.1, 0.15) is 56.3 Å². The zero-order valence-corrected chi connectivity index (χ0v) is 14.1. The number of aromatic nitrogens is 1. The Morgan fingerprint density at radius 2 is 2.15 bits per heavy atom. The Labute approximate surface area is 127 Å². The van der Waals surface area contributed by atoms with Gasteiger partial charge in [0.15, 0.2) is 0 Å². The first-order valence-corrected chi connectivity index (χ1v) is 8.58. The van der Waals surface area contributed by atoms with Gasteiger partial charge in [-0.25, -0.2) is 4.98 Å². The number of ether oxygens (including phenoxy) is 1. The molecule has 3 nitrogen and oxygen atoms in total. The van der Waals surface area contributed by atoms with E-state index in [1.165, 1.54) is 22.7 Å². The molecule has 0 saturated heterocycles. The van der Waals surface area contributed by atoms with E-state index in [0.717, 1.165) is 31.8 Å². The van der Waals surface area contributed by atoms with Crippen LogP contribution in [0, 0.1) is 11.8 Å². The smallest absolute Gasteiger partial charge is 0.125 e. The first-order chi connectivity index (χ1) is 9.55. The Morgan fingerprint density at radius 3 is 2.75 bits per heavy atom. The van der Waals surface area contributed by atoms with Gasteiger partial charge in [-0.3, -0.25) is 0 Å². The molecular weight excluding hydrogens is 268 g/mol. The molecule has 0 aromatic carbocycles. The molecule has 0 amide bonds. The Bertz CT molecular complexity index is 408. The molecule has 1 aliphatic rings. The molecule has 1 saturated carbocycles. The maximum Gasteiger partial charge on any atom is 0.125 e. The summed E-state index contributed by atoms with van der Waals surface area (Å²) < 4.78 is 5.90. The second-order valence-electron chi connectivity index (χ2n) is 6.54. The number of hydrogen-bond acceptors (Lipinski definition) is 4. The zero-order chi connectivity index (χ0) is 14.6. The third-order valence-corrected chi connectivity index (χ3v) is 5.45. The molecule has 0 spiro atoms. The highest BCUT2D eigenvalue weighted by Gasteiger charge is 2.38. The van der Waals surface area contributed by atoms with E-state index >= 15 is 0 Å². The van der Waals surface area contributed by atoms with Crippen molar-refractivity contribution in [3.8, 4) is 0 Å². The zero-order valence-electron chi connectivity index (χ0n) is 13.2. The van der Waals surface area contributed by atoms with E-state index in [0.29, 0.717) is 5.92 Å². The topological polar surface area (TPSA) is 34.1 Å². The lowest BCUT2D eigenvalue weighted by molar-refractivity contribution is -0.0531. The van der Waals surface area contributed by atoms with Crippen LogP contribution in [0.2, 0.25) is 0 Å². The van der Waals surface area contributed by atoms with Crippen molar-refractivity contribution in [1.82, 2.24) is 10.3 Å². The minimum atomic E-state index is -0.118. The van der Waals surface area contributed by atoms with E-state index in [-0.39, 0.29) is 5.60 Å². The number of rotatable bonds is 6. The largest absolute Gasteiger partial charge is 0.371 e. The first kappa shape index (κ1) is 15.9. The molecule has 1 fully saturated rings. The van der Waals surface area contributed by atoms with Crippen LogP contribution in [-0.2, 0) is 16.9 Å². The molecule has 0 unspecified atom stereocenters. The van der Waals surface area contributed by atoms with E-state index in [2.05, 4.69) is 31.1 Å². The first-order valence-electron chi connectivity index (χ1n) is 7.77. The lowest BCUT2D eigenvalue weighted by Crippen LogP contribution is -2.33. The van der Waals surface area contributed by atoms with Crippen LogP contribution in [0.15, 0.2) is 6.20 Å². The van der Waals surface area contributed by atoms with Crippen LogP contribution in [0.5, 0.6) is 0 Å². The third kappa shape index (κ3) is 3.80. The van der Waals surface area contributed by atoms with Gasteiger partial charge in [-0.15, -0.1) is 11.3 Å². The van der Waals surface area contributed by atoms with Gasteiger partial charge < -0.3 is 10.1 Å². The normalized spacial score (nSPS) is 27.1. The molecule has 1 aromatic rings. The number of thiazole rings is 1. The summed E-state index contributed by atoms with van der Waals surface area (Å²) in [6.45, 7) is 8.78. The van der Waals surface area contributed by atoms with Crippen LogP contribution < -0.4 is 5.32 Å². The van der Waals surface area contributed by atoms with E-state index in [1.807, 2.05) is 24.6 Å². The average molecular weight is 296 g/mol. The summed E-state index contributed by atoms with van der Waals surface area (Å²) in [4.78, 5) is 5.97. The van der Waals surface area contributed by atoms with Crippen LogP contribution in [0.3, 0.4) is 0 Å². The maximum atomic E-state index is 5.90. The lowest BCUT2D eigenvalue weighted by Gasteiger charge is -2.36. The quantitative estimate of drug-likeness (QED) is 0.863. The van der Waals surface area contributed by atoms with Crippen molar-refractivity contribution in [2.45, 2.75) is 58.6 Å². The van der Waals surface area contributed by atoms with Crippen molar-refractivity contribution in [3.63, 3.8) is 0 Å². The molecule has 1 aromatic heterocycles. The van der Waals surface area contributed by atoms with E-state index in [1.54, 1.807) is 0 Å². The molecule has 4 heteroatoms. The van der Waals surface area contributed by atoms with Gasteiger partial charge in [0.05, 0.1) is 0 Å². The van der Waals surface area contributed by atoms with Gasteiger partial charge in [-0.1, -0.05) is 20.8 Å². The van der Waals surface area contributed by atoms with E-state index in [9.17, 15) is 0 Å². The molecule has 2 rings (SSSR count). The van der Waals surface area contributed by atoms with Crippen LogP contribution in [0.25, 0.3) is 0 Å². The fraction of sp³-hybridized carbons (Fsp3) is 0.812.